The average molecular weight is 354 g/mol. The monoisotopic (exact) mass is 354 g/mol. The summed E-state index contributed by atoms with van der Waals surface area (Å²) in [4.78, 5) is 6.72. The Hall–Kier alpha value is -1.89. The van der Waals surface area contributed by atoms with E-state index in [4.69, 9.17) is 0 Å². The molecule has 1 heterocycles. The molecule has 0 aromatic heterocycles. The van der Waals surface area contributed by atoms with Crippen molar-refractivity contribution in [2.24, 2.45) is 4.99 Å². The van der Waals surface area contributed by atoms with Crippen molar-refractivity contribution in [2.75, 3.05) is 26.7 Å². The van der Waals surface area contributed by atoms with Crippen molar-refractivity contribution in [2.45, 2.75) is 45.4 Å². The lowest BCUT2D eigenvalue weighted by atomic mass is 10.2. The first kappa shape index (κ1) is 19.4. The first-order valence-electron chi connectivity index (χ1n) is 8.85. The van der Waals surface area contributed by atoms with Gasteiger partial charge in [0, 0.05) is 31.7 Å². The summed E-state index contributed by atoms with van der Waals surface area (Å²) >= 11 is 0. The third-order valence-corrected chi connectivity index (χ3v) is 4.49. The van der Waals surface area contributed by atoms with Crippen LogP contribution in [0.4, 0.5) is 8.78 Å². The maximum atomic E-state index is 12.5. The number of benzene rings is 1. The molecule has 1 atom stereocenters. The van der Waals surface area contributed by atoms with E-state index in [2.05, 4.69) is 32.2 Å². The number of likely N-dealkylation sites (tertiary alicyclic amines) is 1. The van der Waals surface area contributed by atoms with Crippen molar-refractivity contribution in [3.05, 3.63) is 29.8 Å². The van der Waals surface area contributed by atoms with Crippen LogP contribution in [0.3, 0.4) is 0 Å². The minimum Gasteiger partial charge on any atom is -0.434 e. The Labute approximate surface area is 148 Å². The molecular weight excluding hydrogens is 326 g/mol. The van der Waals surface area contributed by atoms with Crippen LogP contribution in [0.2, 0.25) is 0 Å². The molecule has 1 fully saturated rings. The zero-order valence-electron chi connectivity index (χ0n) is 15.0. The highest BCUT2D eigenvalue weighted by atomic mass is 19.3. The molecule has 1 aliphatic heterocycles. The molecule has 0 aliphatic carbocycles. The summed E-state index contributed by atoms with van der Waals surface area (Å²) in [7, 11) is 1.70. The number of para-hydroxylation sites is 1. The second-order valence-electron chi connectivity index (χ2n) is 6.10. The third-order valence-electron chi connectivity index (χ3n) is 4.49. The quantitative estimate of drug-likeness (QED) is 0.557. The Morgan fingerprint density at radius 3 is 2.60 bits per heavy atom. The summed E-state index contributed by atoms with van der Waals surface area (Å²) in [5.41, 5.74) is 0.664. The summed E-state index contributed by atoms with van der Waals surface area (Å²) in [5.74, 6) is 0.841. The Balaban J connectivity index is 1.86. The number of aliphatic imine (C=N–C) groups is 1. The lowest BCUT2D eigenvalue weighted by Gasteiger charge is -2.27. The van der Waals surface area contributed by atoms with Crippen LogP contribution in [-0.2, 0) is 6.54 Å². The van der Waals surface area contributed by atoms with Gasteiger partial charge >= 0.3 is 6.61 Å². The predicted octanol–water partition coefficient (Wildman–Crippen LogP) is 2.83. The van der Waals surface area contributed by atoms with Crippen molar-refractivity contribution < 1.29 is 13.5 Å². The first-order chi connectivity index (χ1) is 12.1. The van der Waals surface area contributed by atoms with E-state index in [1.165, 1.54) is 12.8 Å². The van der Waals surface area contributed by atoms with Crippen LogP contribution in [0, 0.1) is 0 Å². The smallest absolute Gasteiger partial charge is 0.387 e. The van der Waals surface area contributed by atoms with Gasteiger partial charge in [0.1, 0.15) is 5.75 Å². The van der Waals surface area contributed by atoms with E-state index in [1.807, 2.05) is 0 Å². The normalized spacial score (nSPS) is 16.9. The third kappa shape index (κ3) is 6.16. The van der Waals surface area contributed by atoms with E-state index < -0.39 is 6.61 Å². The fourth-order valence-corrected chi connectivity index (χ4v) is 3.11. The number of rotatable bonds is 8. The number of ether oxygens (including phenoxy) is 1. The number of nitrogens with zero attached hydrogens (tertiary/aromatic N) is 2. The van der Waals surface area contributed by atoms with Gasteiger partial charge < -0.3 is 15.4 Å². The van der Waals surface area contributed by atoms with E-state index >= 15 is 0 Å². The summed E-state index contributed by atoms with van der Waals surface area (Å²) in [6.45, 7) is 2.85. The lowest BCUT2D eigenvalue weighted by Crippen LogP contribution is -2.46. The fourth-order valence-electron chi connectivity index (χ4n) is 3.11. The molecule has 0 radical (unpaired) electrons. The van der Waals surface area contributed by atoms with Crippen LogP contribution in [0.5, 0.6) is 5.75 Å². The Bertz CT molecular complexity index is 548. The molecule has 2 rings (SSSR count). The van der Waals surface area contributed by atoms with E-state index in [1.54, 1.807) is 31.3 Å². The number of hydrogen-bond acceptors (Lipinski definition) is 3. The molecule has 1 unspecified atom stereocenters. The van der Waals surface area contributed by atoms with Crippen LogP contribution in [0.1, 0.15) is 31.7 Å². The van der Waals surface area contributed by atoms with Crippen molar-refractivity contribution in [1.29, 1.82) is 0 Å². The summed E-state index contributed by atoms with van der Waals surface area (Å²) in [6, 6.07) is 7.26. The molecule has 0 bridgehead atoms. The van der Waals surface area contributed by atoms with Crippen LogP contribution in [0.25, 0.3) is 0 Å². The molecule has 140 valence electrons. The maximum Gasteiger partial charge on any atom is 0.387 e. The minimum absolute atomic E-state index is 0.184. The van der Waals surface area contributed by atoms with Crippen molar-refractivity contribution >= 4 is 5.96 Å². The first-order valence-corrected chi connectivity index (χ1v) is 8.85. The van der Waals surface area contributed by atoms with Gasteiger partial charge in [-0.05, 0) is 38.4 Å². The molecule has 1 aromatic carbocycles. The van der Waals surface area contributed by atoms with E-state index in [9.17, 15) is 8.78 Å². The standard InChI is InChI=1S/C18H28F2N4O/c1-3-15(24-10-6-7-11-24)13-23-18(21-2)22-12-14-8-4-5-9-16(14)25-17(19)20/h4-5,8-9,15,17H,3,6-7,10-13H2,1-2H3,(H2,21,22,23). The molecule has 25 heavy (non-hydrogen) atoms. The van der Waals surface area contributed by atoms with Gasteiger partial charge in [0.2, 0.25) is 0 Å². The molecule has 1 aromatic rings. The van der Waals surface area contributed by atoms with E-state index in [0.29, 0.717) is 24.1 Å². The number of guanidine groups is 1. The lowest BCUT2D eigenvalue weighted by molar-refractivity contribution is -0.0504. The van der Waals surface area contributed by atoms with Gasteiger partial charge in [-0.25, -0.2) is 0 Å². The highest BCUT2D eigenvalue weighted by Gasteiger charge is 2.20. The van der Waals surface area contributed by atoms with E-state index in [0.717, 1.165) is 26.1 Å². The van der Waals surface area contributed by atoms with Gasteiger partial charge in [-0.1, -0.05) is 25.1 Å². The molecule has 1 saturated heterocycles. The predicted molar refractivity (Wildman–Crippen MR) is 96.2 cm³/mol. The van der Waals surface area contributed by atoms with Gasteiger partial charge in [-0.3, -0.25) is 9.89 Å². The van der Waals surface area contributed by atoms with Crippen LogP contribution >= 0.6 is 0 Å². The van der Waals surface area contributed by atoms with Crippen molar-refractivity contribution in [1.82, 2.24) is 15.5 Å². The van der Waals surface area contributed by atoms with Crippen LogP contribution in [-0.4, -0.2) is 50.2 Å². The second kappa shape index (κ2) is 10.2. The highest BCUT2D eigenvalue weighted by molar-refractivity contribution is 5.79. The number of nitrogens with one attached hydrogen (secondary N) is 2. The molecule has 7 heteroatoms. The Morgan fingerprint density at radius 1 is 1.24 bits per heavy atom. The summed E-state index contributed by atoms with van der Waals surface area (Å²) in [5, 5.41) is 6.50. The number of alkyl halides is 2. The molecule has 2 N–H and O–H groups in total. The van der Waals surface area contributed by atoms with Gasteiger partial charge in [-0.15, -0.1) is 0 Å². The molecule has 0 saturated carbocycles. The minimum atomic E-state index is -2.83. The van der Waals surface area contributed by atoms with Crippen LogP contribution in [0.15, 0.2) is 29.3 Å². The number of hydrogen-bond donors (Lipinski definition) is 2. The van der Waals surface area contributed by atoms with Gasteiger partial charge in [0.15, 0.2) is 5.96 Å². The zero-order valence-corrected chi connectivity index (χ0v) is 15.0. The SMILES string of the molecule is CCC(CNC(=NC)NCc1ccccc1OC(F)F)N1CCCC1. The fraction of sp³-hybridized carbons (Fsp3) is 0.611. The molecule has 1 aliphatic rings. The zero-order chi connectivity index (χ0) is 18.1. The molecule has 0 spiro atoms. The Kier molecular flexibility index (Phi) is 7.91. The maximum absolute atomic E-state index is 12.5. The van der Waals surface area contributed by atoms with Crippen molar-refractivity contribution in [3.8, 4) is 5.75 Å². The largest absolute Gasteiger partial charge is 0.434 e. The second-order valence-corrected chi connectivity index (χ2v) is 6.10. The number of halogens is 2. The van der Waals surface area contributed by atoms with Crippen molar-refractivity contribution in [3.63, 3.8) is 0 Å². The van der Waals surface area contributed by atoms with Crippen LogP contribution < -0.4 is 15.4 Å². The Morgan fingerprint density at radius 2 is 1.96 bits per heavy atom. The van der Waals surface area contributed by atoms with Gasteiger partial charge in [0.25, 0.3) is 0 Å². The molecule has 0 amide bonds. The highest BCUT2D eigenvalue weighted by Crippen LogP contribution is 2.20. The summed E-state index contributed by atoms with van der Waals surface area (Å²) < 4.78 is 29.5. The van der Waals surface area contributed by atoms with E-state index in [-0.39, 0.29) is 5.75 Å². The average Bonchev–Trinajstić information content (AvgIpc) is 3.13. The van der Waals surface area contributed by atoms with Gasteiger partial charge in [0.05, 0.1) is 0 Å². The molecule has 5 nitrogen and oxygen atoms in total. The van der Waals surface area contributed by atoms with Gasteiger partial charge in [-0.2, -0.15) is 8.78 Å². The summed E-state index contributed by atoms with van der Waals surface area (Å²) in [6.07, 6.45) is 3.61. The topological polar surface area (TPSA) is 48.9 Å². The molecular formula is C18H28F2N4O.